The molecule has 1 unspecified atom stereocenters. The average molecular weight is 644 g/mol. The SMILES string of the molecule is CCC(Sc1cccc(NC(=O)/C(=C\c2cc(OC)c(OC)cc2OC)NC(=O)c2ccccc2)c1)C(=O)Nc1ccc(F)cc1. The predicted octanol–water partition coefficient (Wildman–Crippen LogP) is 6.77. The molecule has 0 radical (unpaired) electrons. The van der Waals surface area contributed by atoms with Gasteiger partial charge in [-0.25, -0.2) is 4.39 Å². The van der Waals surface area contributed by atoms with Crippen molar-refractivity contribution >= 4 is 46.9 Å². The molecule has 4 rings (SSSR count). The van der Waals surface area contributed by atoms with Gasteiger partial charge in [0.05, 0.1) is 26.6 Å². The molecule has 1 atom stereocenters. The fraction of sp³-hybridized carbons (Fsp3) is 0.171. The molecule has 0 saturated carbocycles. The molecule has 3 amide bonds. The van der Waals surface area contributed by atoms with Crippen molar-refractivity contribution in [3.05, 3.63) is 114 Å². The quantitative estimate of drug-likeness (QED) is 0.109. The number of anilines is 2. The van der Waals surface area contributed by atoms with Crippen LogP contribution in [0, 0.1) is 5.82 Å². The van der Waals surface area contributed by atoms with Gasteiger partial charge in [0.25, 0.3) is 11.8 Å². The van der Waals surface area contributed by atoms with E-state index in [0.717, 1.165) is 4.90 Å². The number of rotatable bonds is 13. The van der Waals surface area contributed by atoms with Crippen LogP contribution >= 0.6 is 11.8 Å². The minimum absolute atomic E-state index is 0.0532. The van der Waals surface area contributed by atoms with Crippen molar-refractivity contribution < 1.29 is 33.0 Å². The van der Waals surface area contributed by atoms with Crippen LogP contribution in [0.4, 0.5) is 15.8 Å². The molecule has 11 heteroatoms. The van der Waals surface area contributed by atoms with Crippen LogP contribution in [0.5, 0.6) is 17.2 Å². The van der Waals surface area contributed by atoms with Crippen LogP contribution in [-0.2, 0) is 9.59 Å². The zero-order chi connectivity index (χ0) is 33.1. The second-order valence-electron chi connectivity index (χ2n) is 9.82. The highest BCUT2D eigenvalue weighted by atomic mass is 32.2. The molecule has 46 heavy (non-hydrogen) atoms. The Kier molecular flexibility index (Phi) is 11.8. The topological polar surface area (TPSA) is 115 Å². The highest BCUT2D eigenvalue weighted by Gasteiger charge is 2.20. The molecular weight excluding hydrogens is 609 g/mol. The zero-order valence-corrected chi connectivity index (χ0v) is 26.6. The van der Waals surface area contributed by atoms with Gasteiger partial charge < -0.3 is 30.2 Å². The van der Waals surface area contributed by atoms with Crippen LogP contribution in [0.25, 0.3) is 6.08 Å². The van der Waals surface area contributed by atoms with Gasteiger partial charge in [-0.1, -0.05) is 31.2 Å². The summed E-state index contributed by atoms with van der Waals surface area (Å²) in [6.45, 7) is 1.89. The summed E-state index contributed by atoms with van der Waals surface area (Å²) in [6, 6.07) is 24.4. The summed E-state index contributed by atoms with van der Waals surface area (Å²) in [5, 5.41) is 7.92. The van der Waals surface area contributed by atoms with Crippen molar-refractivity contribution in [1.82, 2.24) is 5.32 Å². The number of halogens is 1. The van der Waals surface area contributed by atoms with Gasteiger partial charge in [-0.2, -0.15) is 0 Å². The first-order chi connectivity index (χ1) is 22.2. The third-order valence-electron chi connectivity index (χ3n) is 6.71. The normalized spacial score (nSPS) is 11.6. The third-order valence-corrected chi connectivity index (χ3v) is 8.07. The third kappa shape index (κ3) is 8.89. The molecule has 0 heterocycles. The van der Waals surface area contributed by atoms with E-state index in [1.165, 1.54) is 63.4 Å². The van der Waals surface area contributed by atoms with Gasteiger partial charge in [-0.3, -0.25) is 14.4 Å². The van der Waals surface area contributed by atoms with Crippen LogP contribution in [-0.4, -0.2) is 44.3 Å². The smallest absolute Gasteiger partial charge is 0.272 e. The number of nitrogens with one attached hydrogen (secondary N) is 3. The highest BCUT2D eigenvalue weighted by Crippen LogP contribution is 2.36. The van der Waals surface area contributed by atoms with Crippen molar-refractivity contribution in [2.24, 2.45) is 0 Å². The van der Waals surface area contributed by atoms with Crippen molar-refractivity contribution in [3.8, 4) is 17.2 Å². The fourth-order valence-corrected chi connectivity index (χ4v) is 5.36. The molecule has 0 spiro atoms. The van der Waals surface area contributed by atoms with Gasteiger partial charge in [0.15, 0.2) is 11.5 Å². The molecule has 0 aliphatic heterocycles. The Balaban J connectivity index is 1.59. The largest absolute Gasteiger partial charge is 0.496 e. The van der Waals surface area contributed by atoms with E-state index in [1.807, 2.05) is 13.0 Å². The van der Waals surface area contributed by atoms with E-state index in [0.29, 0.717) is 46.2 Å². The molecule has 4 aromatic carbocycles. The van der Waals surface area contributed by atoms with Gasteiger partial charge in [-0.05, 0) is 73.2 Å². The Bertz CT molecular complexity index is 1710. The molecule has 0 aliphatic carbocycles. The van der Waals surface area contributed by atoms with Gasteiger partial charge in [0.2, 0.25) is 5.91 Å². The van der Waals surface area contributed by atoms with Crippen molar-refractivity contribution in [3.63, 3.8) is 0 Å². The molecule has 238 valence electrons. The Morgan fingerprint density at radius 2 is 1.46 bits per heavy atom. The lowest BCUT2D eigenvalue weighted by atomic mass is 10.1. The average Bonchev–Trinajstić information content (AvgIpc) is 3.08. The van der Waals surface area contributed by atoms with Crippen LogP contribution in [0.15, 0.2) is 102 Å². The maximum absolute atomic E-state index is 13.7. The Morgan fingerprint density at radius 1 is 0.783 bits per heavy atom. The maximum Gasteiger partial charge on any atom is 0.272 e. The minimum atomic E-state index is -0.593. The maximum atomic E-state index is 13.7. The van der Waals surface area contributed by atoms with E-state index in [4.69, 9.17) is 14.2 Å². The molecule has 0 aliphatic rings. The first-order valence-corrected chi connectivity index (χ1v) is 15.1. The van der Waals surface area contributed by atoms with Crippen LogP contribution in [0.2, 0.25) is 0 Å². The number of amides is 3. The summed E-state index contributed by atoms with van der Waals surface area (Å²) in [5.74, 6) is -0.470. The summed E-state index contributed by atoms with van der Waals surface area (Å²) in [6.07, 6.45) is 2.02. The van der Waals surface area contributed by atoms with Gasteiger partial charge in [0.1, 0.15) is 17.3 Å². The molecule has 4 aromatic rings. The number of carbonyl (C=O) groups is 3. The summed E-state index contributed by atoms with van der Waals surface area (Å²) in [5.41, 5.74) is 1.71. The number of carbonyl (C=O) groups excluding carboxylic acids is 3. The van der Waals surface area contributed by atoms with E-state index in [1.54, 1.807) is 60.7 Å². The molecule has 0 bridgehead atoms. The summed E-state index contributed by atoms with van der Waals surface area (Å²) in [4.78, 5) is 40.5. The van der Waals surface area contributed by atoms with Crippen molar-refractivity contribution in [2.45, 2.75) is 23.5 Å². The van der Waals surface area contributed by atoms with Crippen LogP contribution in [0.1, 0.15) is 29.3 Å². The number of hydrogen-bond acceptors (Lipinski definition) is 7. The molecule has 3 N–H and O–H groups in total. The van der Waals surface area contributed by atoms with Crippen molar-refractivity contribution in [2.75, 3.05) is 32.0 Å². The first kappa shape index (κ1) is 33.6. The van der Waals surface area contributed by atoms with Crippen LogP contribution in [0.3, 0.4) is 0 Å². The molecule has 0 fully saturated rings. The molecular formula is C35H34FN3O6S. The van der Waals surface area contributed by atoms with Crippen molar-refractivity contribution in [1.29, 1.82) is 0 Å². The Hall–Kier alpha value is -5.29. The molecule has 9 nitrogen and oxygen atoms in total. The lowest BCUT2D eigenvalue weighted by molar-refractivity contribution is -0.116. The summed E-state index contributed by atoms with van der Waals surface area (Å²) < 4.78 is 29.6. The second-order valence-corrected chi connectivity index (χ2v) is 11.1. The number of benzene rings is 4. The van der Waals surface area contributed by atoms with E-state index < -0.39 is 22.9 Å². The first-order valence-electron chi connectivity index (χ1n) is 14.3. The zero-order valence-electron chi connectivity index (χ0n) is 25.8. The Labute approximate surface area is 271 Å². The van der Waals surface area contributed by atoms with E-state index in [9.17, 15) is 18.8 Å². The summed E-state index contributed by atoms with van der Waals surface area (Å²) in [7, 11) is 4.47. The Morgan fingerprint density at radius 3 is 2.11 bits per heavy atom. The number of hydrogen-bond donors (Lipinski definition) is 3. The van der Waals surface area contributed by atoms with Crippen LogP contribution < -0.4 is 30.2 Å². The van der Waals surface area contributed by atoms with E-state index >= 15 is 0 Å². The molecule has 0 aromatic heterocycles. The number of thioether (sulfide) groups is 1. The lowest BCUT2D eigenvalue weighted by Gasteiger charge is -2.16. The van der Waals surface area contributed by atoms with Gasteiger partial charge >= 0.3 is 0 Å². The predicted molar refractivity (Wildman–Crippen MR) is 178 cm³/mol. The highest BCUT2D eigenvalue weighted by molar-refractivity contribution is 8.00. The molecule has 0 saturated heterocycles. The van der Waals surface area contributed by atoms with E-state index in [2.05, 4.69) is 16.0 Å². The minimum Gasteiger partial charge on any atom is -0.496 e. The fourth-order valence-electron chi connectivity index (χ4n) is 4.35. The summed E-state index contributed by atoms with van der Waals surface area (Å²) >= 11 is 1.33. The van der Waals surface area contributed by atoms with Gasteiger partial charge in [0, 0.05) is 33.5 Å². The second kappa shape index (κ2) is 16.1. The number of methoxy groups -OCH3 is 3. The number of ether oxygens (including phenoxy) is 3. The lowest BCUT2D eigenvalue weighted by Crippen LogP contribution is -2.30. The van der Waals surface area contributed by atoms with Gasteiger partial charge in [-0.15, -0.1) is 11.8 Å². The monoisotopic (exact) mass is 643 g/mol. The standard InChI is InChI=1S/C35H34FN3O6S/c1-5-32(35(42)37-25-16-14-24(36)15-17-25)46-27-13-9-12-26(20-27)38-34(41)28(39-33(40)22-10-7-6-8-11-22)18-23-19-30(44-3)31(45-4)21-29(23)43-2/h6-21,32H,5H2,1-4H3,(H,37,42)(H,38,41)(H,39,40)/b28-18+. The van der Waals surface area contributed by atoms with E-state index in [-0.39, 0.29) is 11.6 Å².